The summed E-state index contributed by atoms with van der Waals surface area (Å²) in [4.78, 5) is 2.50. The summed E-state index contributed by atoms with van der Waals surface area (Å²) in [7, 11) is 3.07. The Hall–Kier alpha value is -1.08. The number of hydrogen-bond acceptors (Lipinski definition) is 4. The van der Waals surface area contributed by atoms with Gasteiger partial charge >= 0.3 is 5.51 Å². The summed E-state index contributed by atoms with van der Waals surface area (Å²) >= 11 is -0.0576. The number of halogens is 3. The van der Waals surface area contributed by atoms with Crippen LogP contribution in [-0.2, 0) is 5.75 Å². The Morgan fingerprint density at radius 1 is 1.12 bits per heavy atom. The number of ether oxygens (including phenoxy) is 2. The van der Waals surface area contributed by atoms with Gasteiger partial charge in [0, 0.05) is 28.8 Å². The highest BCUT2D eigenvalue weighted by Gasteiger charge is 2.45. The van der Waals surface area contributed by atoms with E-state index in [0.29, 0.717) is 29.0 Å². The molecule has 2 atom stereocenters. The second-order valence-corrected chi connectivity index (χ2v) is 7.33. The summed E-state index contributed by atoms with van der Waals surface area (Å²) < 4.78 is 48.3. The van der Waals surface area contributed by atoms with Gasteiger partial charge in [0.25, 0.3) is 0 Å². The van der Waals surface area contributed by atoms with Gasteiger partial charge in [0.05, 0.1) is 14.2 Å². The molecule has 3 nitrogen and oxygen atoms in total. The van der Waals surface area contributed by atoms with Crippen molar-refractivity contribution in [2.45, 2.75) is 42.5 Å². The van der Waals surface area contributed by atoms with Crippen molar-refractivity contribution in [3.05, 3.63) is 23.3 Å². The first kappa shape index (κ1) is 17.7. The van der Waals surface area contributed by atoms with E-state index in [1.165, 1.54) is 20.0 Å². The third-order valence-corrected chi connectivity index (χ3v) is 5.57. The molecule has 1 heterocycles. The van der Waals surface area contributed by atoms with Gasteiger partial charge in [-0.05, 0) is 56.2 Å². The standard InChI is InChI=1S/C17H22F3NO2S/c1-22-15-9-13(12-8-14(12)21-5-3-4-6-21)16(23-2)7-11(15)10-24-17(18,19)20/h7,9,12,14H,3-6,8,10H2,1-2H3. The zero-order chi connectivity index (χ0) is 17.3. The minimum absolute atomic E-state index is 0.0576. The van der Waals surface area contributed by atoms with Crippen LogP contribution >= 0.6 is 11.8 Å². The molecule has 2 unspecified atom stereocenters. The molecular formula is C17H22F3NO2S. The number of rotatable bonds is 6. The third kappa shape index (κ3) is 3.94. The number of hydrogen-bond donors (Lipinski definition) is 0. The Kier molecular flexibility index (Phi) is 5.20. The van der Waals surface area contributed by atoms with Crippen molar-refractivity contribution in [1.29, 1.82) is 0 Å². The van der Waals surface area contributed by atoms with Gasteiger partial charge in [0.1, 0.15) is 11.5 Å². The summed E-state index contributed by atoms with van der Waals surface area (Å²) in [5, 5.41) is 0. The number of likely N-dealkylation sites (tertiary alicyclic amines) is 1. The molecule has 1 saturated heterocycles. The molecule has 1 aliphatic heterocycles. The minimum atomic E-state index is -4.26. The average molecular weight is 361 g/mol. The van der Waals surface area contributed by atoms with Crippen molar-refractivity contribution in [3.8, 4) is 11.5 Å². The Morgan fingerprint density at radius 2 is 1.79 bits per heavy atom. The van der Waals surface area contributed by atoms with Crippen LogP contribution in [0.3, 0.4) is 0 Å². The molecule has 0 bridgehead atoms. The third-order valence-electron chi connectivity index (χ3n) is 4.79. The molecule has 3 rings (SSSR count). The lowest BCUT2D eigenvalue weighted by molar-refractivity contribution is -0.0329. The van der Waals surface area contributed by atoms with E-state index in [0.717, 1.165) is 25.1 Å². The topological polar surface area (TPSA) is 21.7 Å². The molecule has 7 heteroatoms. The first-order valence-electron chi connectivity index (χ1n) is 8.12. The molecule has 0 radical (unpaired) electrons. The second kappa shape index (κ2) is 7.04. The zero-order valence-corrected chi connectivity index (χ0v) is 14.7. The average Bonchev–Trinajstić information content (AvgIpc) is 3.15. The van der Waals surface area contributed by atoms with Crippen molar-refractivity contribution in [3.63, 3.8) is 0 Å². The largest absolute Gasteiger partial charge is 0.496 e. The number of benzene rings is 1. The molecule has 134 valence electrons. The van der Waals surface area contributed by atoms with Gasteiger partial charge in [-0.2, -0.15) is 13.2 Å². The maximum absolute atomic E-state index is 12.5. The van der Waals surface area contributed by atoms with E-state index in [2.05, 4.69) is 4.90 Å². The van der Waals surface area contributed by atoms with Gasteiger partial charge in [0.15, 0.2) is 0 Å². The van der Waals surface area contributed by atoms with Crippen LogP contribution in [0, 0.1) is 0 Å². The Bertz CT molecular complexity index is 588. The molecule has 2 aliphatic rings. The Balaban J connectivity index is 1.80. The Labute approximate surface area is 144 Å². The lowest BCUT2D eigenvalue weighted by atomic mass is 10.0. The quantitative estimate of drug-likeness (QED) is 0.748. The number of nitrogens with zero attached hydrogens (tertiary/aromatic N) is 1. The van der Waals surface area contributed by atoms with Crippen LogP contribution in [0.2, 0.25) is 0 Å². The van der Waals surface area contributed by atoms with Crippen LogP contribution in [0.4, 0.5) is 13.2 Å². The van der Waals surface area contributed by atoms with Crippen molar-refractivity contribution in [2.24, 2.45) is 0 Å². The predicted molar refractivity (Wildman–Crippen MR) is 88.8 cm³/mol. The molecule has 1 aromatic rings. The molecule has 0 aromatic heterocycles. The normalized spacial score (nSPS) is 24.2. The van der Waals surface area contributed by atoms with Crippen LogP contribution in [0.25, 0.3) is 0 Å². The van der Waals surface area contributed by atoms with Gasteiger partial charge < -0.3 is 9.47 Å². The fourth-order valence-corrected chi connectivity index (χ4v) is 4.08. The van der Waals surface area contributed by atoms with E-state index in [9.17, 15) is 13.2 Å². The summed E-state index contributed by atoms with van der Waals surface area (Å²) in [6.45, 7) is 2.28. The van der Waals surface area contributed by atoms with E-state index in [-0.39, 0.29) is 17.5 Å². The lowest BCUT2D eigenvalue weighted by Gasteiger charge is -2.18. The molecule has 1 aliphatic carbocycles. The molecule has 0 amide bonds. The second-order valence-electron chi connectivity index (χ2n) is 6.29. The predicted octanol–water partition coefficient (Wildman–Crippen LogP) is 4.41. The van der Waals surface area contributed by atoms with E-state index in [4.69, 9.17) is 9.47 Å². The van der Waals surface area contributed by atoms with Crippen molar-refractivity contribution in [1.82, 2.24) is 4.90 Å². The van der Waals surface area contributed by atoms with Crippen LogP contribution in [0.1, 0.15) is 36.3 Å². The highest BCUT2D eigenvalue weighted by atomic mass is 32.2. The van der Waals surface area contributed by atoms with Crippen LogP contribution in [-0.4, -0.2) is 43.8 Å². The highest BCUT2D eigenvalue weighted by Crippen LogP contribution is 2.50. The molecule has 0 N–H and O–H groups in total. The fourth-order valence-electron chi connectivity index (χ4n) is 3.54. The Morgan fingerprint density at radius 3 is 2.38 bits per heavy atom. The van der Waals surface area contributed by atoms with E-state index in [1.54, 1.807) is 13.2 Å². The SMILES string of the molecule is COc1cc(C2CC2N2CCCC2)c(OC)cc1CSC(F)(F)F. The number of alkyl halides is 3. The van der Waals surface area contributed by atoms with Crippen LogP contribution in [0.15, 0.2) is 12.1 Å². The molecule has 2 fully saturated rings. The maximum Gasteiger partial charge on any atom is 0.442 e. The first-order valence-corrected chi connectivity index (χ1v) is 9.11. The summed E-state index contributed by atoms with van der Waals surface area (Å²) in [6.07, 6.45) is 3.57. The molecule has 24 heavy (non-hydrogen) atoms. The van der Waals surface area contributed by atoms with Gasteiger partial charge in [0.2, 0.25) is 0 Å². The molecular weight excluding hydrogens is 339 g/mol. The monoisotopic (exact) mass is 361 g/mol. The van der Waals surface area contributed by atoms with Gasteiger partial charge in [-0.25, -0.2) is 0 Å². The van der Waals surface area contributed by atoms with Crippen LogP contribution < -0.4 is 9.47 Å². The van der Waals surface area contributed by atoms with E-state index in [1.807, 2.05) is 6.07 Å². The fraction of sp³-hybridized carbons (Fsp3) is 0.647. The number of thioether (sulfide) groups is 1. The summed E-state index contributed by atoms with van der Waals surface area (Å²) in [5.74, 6) is 1.38. The van der Waals surface area contributed by atoms with Crippen LogP contribution in [0.5, 0.6) is 11.5 Å². The van der Waals surface area contributed by atoms with Gasteiger partial charge in [-0.15, -0.1) is 0 Å². The summed E-state index contributed by atoms with van der Waals surface area (Å²) in [6, 6.07) is 4.10. The lowest BCUT2D eigenvalue weighted by Crippen LogP contribution is -2.22. The number of methoxy groups -OCH3 is 2. The minimum Gasteiger partial charge on any atom is -0.496 e. The smallest absolute Gasteiger partial charge is 0.442 e. The molecule has 0 spiro atoms. The maximum atomic E-state index is 12.5. The highest BCUT2D eigenvalue weighted by molar-refractivity contribution is 7.99. The van der Waals surface area contributed by atoms with E-state index < -0.39 is 5.51 Å². The first-order chi connectivity index (χ1) is 11.4. The van der Waals surface area contributed by atoms with Crippen molar-refractivity contribution in [2.75, 3.05) is 27.3 Å². The van der Waals surface area contributed by atoms with Crippen molar-refractivity contribution >= 4 is 11.8 Å². The molecule has 1 saturated carbocycles. The van der Waals surface area contributed by atoms with E-state index >= 15 is 0 Å². The summed E-state index contributed by atoms with van der Waals surface area (Å²) in [5.41, 5.74) is -2.69. The van der Waals surface area contributed by atoms with Crippen molar-refractivity contribution < 1.29 is 22.6 Å². The van der Waals surface area contributed by atoms with Gasteiger partial charge in [-0.3, -0.25) is 4.90 Å². The van der Waals surface area contributed by atoms with Gasteiger partial charge in [-0.1, -0.05) is 0 Å². The zero-order valence-electron chi connectivity index (χ0n) is 13.9. The molecule has 1 aromatic carbocycles.